The second kappa shape index (κ2) is 7.30. The minimum Gasteiger partial charge on any atom is -0.457 e. The van der Waals surface area contributed by atoms with Gasteiger partial charge in [-0.3, -0.25) is 0 Å². The molecule has 21 heavy (non-hydrogen) atoms. The van der Waals surface area contributed by atoms with Crippen molar-refractivity contribution in [3.05, 3.63) is 57.0 Å². The number of aryl methyl sites for hydroxylation is 1. The minimum absolute atomic E-state index is 0.133. The third kappa shape index (κ3) is 4.47. The number of nitrogens with two attached hydrogens (primary N) is 1. The van der Waals surface area contributed by atoms with Crippen LogP contribution < -0.4 is 10.5 Å². The summed E-state index contributed by atoms with van der Waals surface area (Å²) in [6.07, 6.45) is 1.73. The molecule has 1 atom stereocenters. The van der Waals surface area contributed by atoms with Gasteiger partial charge in [0.05, 0.1) is 0 Å². The highest BCUT2D eigenvalue weighted by Gasteiger charge is 2.11. The summed E-state index contributed by atoms with van der Waals surface area (Å²) in [7, 11) is 0. The van der Waals surface area contributed by atoms with Crippen LogP contribution in [0.2, 0.25) is 5.02 Å². The van der Waals surface area contributed by atoms with Crippen molar-refractivity contribution in [1.82, 2.24) is 0 Å². The summed E-state index contributed by atoms with van der Waals surface area (Å²) < 4.78 is 7.06. The molecule has 0 saturated carbocycles. The number of rotatable bonds is 5. The lowest BCUT2D eigenvalue weighted by Gasteiger charge is -2.16. The van der Waals surface area contributed by atoms with Gasteiger partial charge in [-0.25, -0.2) is 0 Å². The van der Waals surface area contributed by atoms with Gasteiger partial charge < -0.3 is 10.5 Å². The zero-order valence-corrected chi connectivity index (χ0v) is 14.5. The van der Waals surface area contributed by atoms with E-state index in [9.17, 15) is 0 Å². The highest BCUT2D eigenvalue weighted by Crippen LogP contribution is 2.32. The lowest BCUT2D eigenvalue weighted by atomic mass is 10.0. The molecule has 2 aromatic rings. The molecule has 0 aliphatic heterocycles. The summed E-state index contributed by atoms with van der Waals surface area (Å²) in [5.74, 6) is 1.59. The van der Waals surface area contributed by atoms with E-state index in [-0.39, 0.29) is 6.04 Å². The van der Waals surface area contributed by atoms with Gasteiger partial charge in [0.2, 0.25) is 0 Å². The van der Waals surface area contributed by atoms with Crippen LogP contribution in [0.4, 0.5) is 0 Å². The van der Waals surface area contributed by atoms with E-state index in [2.05, 4.69) is 28.9 Å². The van der Waals surface area contributed by atoms with Gasteiger partial charge in [-0.15, -0.1) is 0 Å². The van der Waals surface area contributed by atoms with Gasteiger partial charge in [-0.05, 0) is 55.2 Å². The molecule has 112 valence electrons. The molecule has 0 saturated heterocycles. The Morgan fingerprint density at radius 3 is 2.67 bits per heavy atom. The highest BCUT2D eigenvalue weighted by atomic mass is 79.9. The van der Waals surface area contributed by atoms with Gasteiger partial charge in [0.1, 0.15) is 11.5 Å². The third-order valence-corrected chi connectivity index (χ3v) is 4.13. The first-order valence-electron chi connectivity index (χ1n) is 6.97. The number of halogens is 2. The second-order valence-corrected chi connectivity index (χ2v) is 6.49. The fourth-order valence-electron chi connectivity index (χ4n) is 2.02. The van der Waals surface area contributed by atoms with Crippen LogP contribution in [-0.2, 0) is 6.42 Å². The van der Waals surface area contributed by atoms with Crippen LogP contribution in [0, 0.1) is 6.92 Å². The van der Waals surface area contributed by atoms with E-state index in [0.29, 0.717) is 5.02 Å². The first kappa shape index (κ1) is 16.3. The van der Waals surface area contributed by atoms with E-state index >= 15 is 0 Å². The molecule has 2 N–H and O–H groups in total. The van der Waals surface area contributed by atoms with E-state index in [1.807, 2.05) is 37.3 Å². The predicted octanol–water partition coefficient (Wildman–Crippen LogP) is 5.48. The molecule has 4 heteroatoms. The average Bonchev–Trinajstić information content (AvgIpc) is 2.45. The normalized spacial score (nSPS) is 12.2. The molecular weight excluding hydrogens is 350 g/mol. The molecule has 0 amide bonds. The van der Waals surface area contributed by atoms with Gasteiger partial charge >= 0.3 is 0 Å². The SMILES string of the molecule is CCC(N)Cc1ccc(Br)cc1Oc1cc(Cl)ccc1C. The molecule has 1 unspecified atom stereocenters. The summed E-state index contributed by atoms with van der Waals surface area (Å²) in [6, 6.07) is 11.8. The number of benzene rings is 2. The predicted molar refractivity (Wildman–Crippen MR) is 92.4 cm³/mol. The number of hydrogen-bond donors (Lipinski definition) is 1. The van der Waals surface area contributed by atoms with Gasteiger partial charge in [0.25, 0.3) is 0 Å². The summed E-state index contributed by atoms with van der Waals surface area (Å²) in [6.45, 7) is 4.09. The van der Waals surface area contributed by atoms with Crippen molar-refractivity contribution in [2.75, 3.05) is 0 Å². The molecule has 0 heterocycles. The first-order valence-corrected chi connectivity index (χ1v) is 8.14. The molecule has 2 nitrogen and oxygen atoms in total. The Hall–Kier alpha value is -1.03. The Morgan fingerprint density at radius 2 is 1.95 bits per heavy atom. The smallest absolute Gasteiger partial charge is 0.131 e. The fraction of sp³-hybridized carbons (Fsp3) is 0.294. The average molecular weight is 369 g/mol. The molecule has 0 fully saturated rings. The van der Waals surface area contributed by atoms with Crippen LogP contribution in [0.5, 0.6) is 11.5 Å². The number of hydrogen-bond acceptors (Lipinski definition) is 2. The zero-order valence-electron chi connectivity index (χ0n) is 12.2. The lowest BCUT2D eigenvalue weighted by Crippen LogP contribution is -2.21. The van der Waals surface area contributed by atoms with Crippen molar-refractivity contribution in [2.24, 2.45) is 5.73 Å². The second-order valence-electron chi connectivity index (χ2n) is 5.14. The van der Waals surface area contributed by atoms with E-state index in [1.54, 1.807) is 0 Å². The molecule has 0 radical (unpaired) electrons. The fourth-order valence-corrected chi connectivity index (χ4v) is 2.52. The largest absolute Gasteiger partial charge is 0.457 e. The van der Waals surface area contributed by atoms with Crippen LogP contribution in [0.1, 0.15) is 24.5 Å². The molecule has 2 rings (SSSR count). The number of ether oxygens (including phenoxy) is 1. The topological polar surface area (TPSA) is 35.2 Å². The van der Waals surface area contributed by atoms with Crippen molar-refractivity contribution in [3.63, 3.8) is 0 Å². The standard InChI is InChI=1S/C17H19BrClNO/c1-3-15(20)8-12-5-6-13(18)9-17(12)21-16-10-14(19)7-4-11(16)2/h4-7,9-10,15H,3,8,20H2,1-2H3. The van der Waals surface area contributed by atoms with Crippen LogP contribution >= 0.6 is 27.5 Å². The molecule has 0 aliphatic carbocycles. The summed E-state index contributed by atoms with van der Waals surface area (Å²) in [5, 5.41) is 0.664. The monoisotopic (exact) mass is 367 g/mol. The van der Waals surface area contributed by atoms with Crippen LogP contribution in [0.3, 0.4) is 0 Å². The molecular formula is C17H19BrClNO. The maximum atomic E-state index is 6.08. The van der Waals surface area contributed by atoms with Gasteiger partial charge in [0.15, 0.2) is 0 Å². The van der Waals surface area contributed by atoms with E-state index in [1.165, 1.54) is 0 Å². The maximum absolute atomic E-state index is 6.08. The van der Waals surface area contributed by atoms with E-state index < -0.39 is 0 Å². The van der Waals surface area contributed by atoms with Crippen molar-refractivity contribution in [1.29, 1.82) is 0 Å². The van der Waals surface area contributed by atoms with E-state index in [0.717, 1.165) is 39.9 Å². The molecule has 0 bridgehead atoms. The summed E-state index contributed by atoms with van der Waals surface area (Å²) in [4.78, 5) is 0. The van der Waals surface area contributed by atoms with Crippen LogP contribution in [0.15, 0.2) is 40.9 Å². The lowest BCUT2D eigenvalue weighted by molar-refractivity contribution is 0.468. The Bertz CT molecular complexity index is 630. The quantitative estimate of drug-likeness (QED) is 0.758. The Labute approximate surface area is 139 Å². The Kier molecular flexibility index (Phi) is 5.68. The zero-order chi connectivity index (χ0) is 15.4. The van der Waals surface area contributed by atoms with Crippen molar-refractivity contribution in [3.8, 4) is 11.5 Å². The summed E-state index contributed by atoms with van der Waals surface area (Å²) >= 11 is 9.54. The Morgan fingerprint density at radius 1 is 1.19 bits per heavy atom. The minimum atomic E-state index is 0.133. The van der Waals surface area contributed by atoms with Crippen LogP contribution in [-0.4, -0.2) is 6.04 Å². The maximum Gasteiger partial charge on any atom is 0.131 e. The first-order chi connectivity index (χ1) is 9.99. The van der Waals surface area contributed by atoms with E-state index in [4.69, 9.17) is 22.1 Å². The molecule has 0 aromatic heterocycles. The van der Waals surface area contributed by atoms with Crippen molar-refractivity contribution >= 4 is 27.5 Å². The van der Waals surface area contributed by atoms with Gasteiger partial charge in [-0.2, -0.15) is 0 Å². The molecule has 2 aromatic carbocycles. The van der Waals surface area contributed by atoms with Gasteiger partial charge in [-0.1, -0.05) is 46.6 Å². The molecule has 0 aliphatic rings. The Balaban J connectivity index is 2.33. The third-order valence-electron chi connectivity index (χ3n) is 3.41. The van der Waals surface area contributed by atoms with Gasteiger partial charge in [0, 0.05) is 15.5 Å². The van der Waals surface area contributed by atoms with Crippen molar-refractivity contribution in [2.45, 2.75) is 32.7 Å². The molecule has 0 spiro atoms. The summed E-state index contributed by atoms with van der Waals surface area (Å²) in [5.41, 5.74) is 8.22. The highest BCUT2D eigenvalue weighted by molar-refractivity contribution is 9.10. The van der Waals surface area contributed by atoms with Crippen molar-refractivity contribution < 1.29 is 4.74 Å². The van der Waals surface area contributed by atoms with Crippen LogP contribution in [0.25, 0.3) is 0 Å².